The number of aliphatic hydroxyl groups is 4. The second-order valence-electron chi connectivity index (χ2n) is 10.3. The Bertz CT molecular complexity index is 764. The van der Waals surface area contributed by atoms with E-state index in [1.807, 2.05) is 13.8 Å². The Kier molecular flexibility index (Phi) is 3.59. The third-order valence-electron chi connectivity index (χ3n) is 9.12. The molecule has 6 rings (SSSR count). The molecule has 0 amide bonds. The lowest BCUT2D eigenvalue weighted by Gasteiger charge is -2.76. The van der Waals surface area contributed by atoms with E-state index in [0.29, 0.717) is 25.7 Å². The van der Waals surface area contributed by atoms with Gasteiger partial charge < -0.3 is 29.9 Å². The van der Waals surface area contributed by atoms with Crippen LogP contribution in [0.25, 0.3) is 0 Å². The minimum absolute atomic E-state index is 0.276. The van der Waals surface area contributed by atoms with Gasteiger partial charge in [-0.25, -0.2) is 0 Å². The smallest absolute Gasteiger partial charge is 0.211 e. The van der Waals surface area contributed by atoms with E-state index in [1.54, 1.807) is 0 Å². The highest BCUT2D eigenvalue weighted by molar-refractivity contribution is 6.05. The van der Waals surface area contributed by atoms with E-state index in [9.17, 15) is 25.2 Å². The van der Waals surface area contributed by atoms with Crippen LogP contribution in [0.2, 0.25) is 0 Å². The Morgan fingerprint density at radius 3 is 2.46 bits per heavy atom. The minimum atomic E-state index is -2.30. The number of methoxy groups -OCH3 is 1. The average molecular weight is 394 g/mol. The van der Waals surface area contributed by atoms with Crippen LogP contribution in [0.4, 0.5) is 0 Å². The maximum atomic E-state index is 13.5. The maximum absolute atomic E-state index is 13.5. The number of Topliss-reactive ketones (excluding diaryl/α,β-unsaturated/α-hetero) is 1. The molecule has 156 valence electrons. The number of aliphatic hydroxyl groups excluding tert-OH is 3. The quantitative estimate of drug-likeness (QED) is 0.474. The topological polar surface area (TPSA) is 116 Å². The molecule has 0 radical (unpaired) electrons. The first-order valence-corrected chi connectivity index (χ1v) is 10.2. The van der Waals surface area contributed by atoms with Crippen molar-refractivity contribution in [2.24, 2.45) is 34.0 Å². The molecule has 6 aliphatic rings. The molecule has 10 atom stereocenters. The summed E-state index contributed by atoms with van der Waals surface area (Å²) in [4.78, 5) is 13.5. The summed E-state index contributed by atoms with van der Waals surface area (Å²) in [6.45, 7) is 7.91. The molecule has 28 heavy (non-hydrogen) atoms. The maximum Gasteiger partial charge on any atom is 0.211 e. The zero-order valence-electron chi connectivity index (χ0n) is 16.6. The molecule has 4 saturated carbocycles. The fraction of sp³-hybridized carbons (Fsp3) is 0.857. The number of rotatable bonds is 1. The molecule has 4 aliphatic carbocycles. The molecule has 6 fully saturated rings. The fourth-order valence-corrected chi connectivity index (χ4v) is 8.19. The van der Waals surface area contributed by atoms with Crippen molar-refractivity contribution in [3.63, 3.8) is 0 Å². The van der Waals surface area contributed by atoms with Gasteiger partial charge in [-0.2, -0.15) is 0 Å². The Morgan fingerprint density at radius 2 is 1.82 bits per heavy atom. The molecule has 0 aromatic rings. The van der Waals surface area contributed by atoms with Crippen LogP contribution >= 0.6 is 0 Å². The standard InChI is InChI=1S/C21H30O7/c1-9-10-5-6-11-19-12(22)7-8-18(2,3)13(19)16(25)21(26,28-17(19)27-4)20(11,14(9)23)15(10)24/h10-13,15-17,22,24-26H,1,5-8H2,2-4H3/t10-,11-,12-,13+,15+,16-,17+,19-,20+,21+/m0/s1. The summed E-state index contributed by atoms with van der Waals surface area (Å²) in [6, 6.07) is 0. The van der Waals surface area contributed by atoms with E-state index in [-0.39, 0.29) is 5.57 Å². The van der Waals surface area contributed by atoms with Crippen molar-refractivity contribution in [3.05, 3.63) is 12.2 Å². The van der Waals surface area contributed by atoms with E-state index < -0.39 is 70.2 Å². The molecule has 2 saturated heterocycles. The van der Waals surface area contributed by atoms with E-state index >= 15 is 0 Å². The number of ketones is 1. The number of hydrogen-bond donors (Lipinski definition) is 4. The first-order chi connectivity index (χ1) is 13.0. The molecule has 0 aromatic heterocycles. The van der Waals surface area contributed by atoms with Gasteiger partial charge in [0.05, 0.1) is 17.6 Å². The van der Waals surface area contributed by atoms with Gasteiger partial charge in [-0.1, -0.05) is 20.4 Å². The summed E-state index contributed by atoms with van der Waals surface area (Å²) in [5.41, 5.74) is -2.98. The predicted octanol–water partition coefficient (Wildman–Crippen LogP) is 0.348. The predicted molar refractivity (Wildman–Crippen MR) is 96.6 cm³/mol. The van der Waals surface area contributed by atoms with Crippen molar-refractivity contribution in [1.29, 1.82) is 0 Å². The van der Waals surface area contributed by atoms with Crippen LogP contribution in [-0.2, 0) is 14.3 Å². The van der Waals surface area contributed by atoms with Crippen molar-refractivity contribution in [2.75, 3.05) is 7.11 Å². The lowest BCUT2D eigenvalue weighted by Crippen LogP contribution is -2.87. The fourth-order valence-electron chi connectivity index (χ4n) is 8.19. The molecule has 7 heteroatoms. The van der Waals surface area contributed by atoms with E-state index in [2.05, 4.69) is 6.58 Å². The van der Waals surface area contributed by atoms with E-state index in [1.165, 1.54) is 7.11 Å². The van der Waals surface area contributed by atoms with E-state index in [0.717, 1.165) is 0 Å². The van der Waals surface area contributed by atoms with E-state index in [4.69, 9.17) is 9.47 Å². The number of hydrogen-bond acceptors (Lipinski definition) is 7. The highest BCUT2D eigenvalue weighted by Crippen LogP contribution is 2.77. The second-order valence-corrected chi connectivity index (χ2v) is 10.3. The Labute approximate surface area is 164 Å². The highest BCUT2D eigenvalue weighted by Gasteiger charge is 2.89. The van der Waals surface area contributed by atoms with Gasteiger partial charge in [0.25, 0.3) is 0 Å². The summed E-state index contributed by atoms with van der Waals surface area (Å²) in [5.74, 6) is -4.34. The summed E-state index contributed by atoms with van der Waals surface area (Å²) in [7, 11) is 1.45. The molecule has 4 N–H and O–H groups in total. The summed E-state index contributed by atoms with van der Waals surface area (Å²) in [6.07, 6.45) is -2.32. The van der Waals surface area contributed by atoms with Crippen molar-refractivity contribution in [3.8, 4) is 0 Å². The van der Waals surface area contributed by atoms with Crippen molar-refractivity contribution < 1.29 is 34.7 Å². The van der Waals surface area contributed by atoms with Crippen LogP contribution in [0.3, 0.4) is 0 Å². The monoisotopic (exact) mass is 394 g/mol. The third kappa shape index (κ3) is 1.59. The zero-order chi connectivity index (χ0) is 20.4. The van der Waals surface area contributed by atoms with Gasteiger partial charge in [0.15, 0.2) is 12.1 Å². The van der Waals surface area contributed by atoms with Gasteiger partial charge in [0.2, 0.25) is 5.79 Å². The third-order valence-corrected chi connectivity index (χ3v) is 9.12. The number of ether oxygens (including phenoxy) is 2. The van der Waals surface area contributed by atoms with Gasteiger partial charge in [-0.05, 0) is 42.6 Å². The molecule has 0 unspecified atom stereocenters. The molecule has 2 heterocycles. The number of carbonyl (C=O) groups excluding carboxylic acids is 1. The largest absolute Gasteiger partial charge is 0.392 e. The van der Waals surface area contributed by atoms with Crippen molar-refractivity contribution in [1.82, 2.24) is 0 Å². The van der Waals surface area contributed by atoms with Crippen molar-refractivity contribution in [2.45, 2.75) is 69.9 Å². The lowest BCUT2D eigenvalue weighted by molar-refractivity contribution is -0.509. The van der Waals surface area contributed by atoms with Gasteiger partial charge in [0, 0.05) is 18.9 Å². The molecule has 0 aromatic carbocycles. The second kappa shape index (κ2) is 5.25. The summed E-state index contributed by atoms with van der Waals surface area (Å²) in [5, 5.41) is 45.9. The van der Waals surface area contributed by atoms with Gasteiger partial charge in [-0.15, -0.1) is 0 Å². The molecule has 7 nitrogen and oxygen atoms in total. The van der Waals surface area contributed by atoms with Crippen LogP contribution in [0.15, 0.2) is 12.2 Å². The lowest BCUT2D eigenvalue weighted by atomic mass is 9.35. The van der Waals surface area contributed by atoms with Crippen LogP contribution in [0.1, 0.15) is 39.5 Å². The van der Waals surface area contributed by atoms with Gasteiger partial charge in [-0.3, -0.25) is 4.79 Å². The molecular weight excluding hydrogens is 364 g/mol. The molecule has 2 aliphatic heterocycles. The Hall–Kier alpha value is -0.830. The minimum Gasteiger partial charge on any atom is -0.392 e. The number of fused-ring (bicyclic) bond motifs is 2. The molecular formula is C21H30O7. The first kappa shape index (κ1) is 19.2. The van der Waals surface area contributed by atoms with Crippen LogP contribution in [0.5, 0.6) is 0 Å². The zero-order valence-corrected chi connectivity index (χ0v) is 16.6. The summed E-state index contributed by atoms with van der Waals surface area (Å²) < 4.78 is 11.6. The number of carbonyl (C=O) groups is 1. The Balaban J connectivity index is 1.85. The highest BCUT2D eigenvalue weighted by atomic mass is 16.8. The normalized spacial score (nSPS) is 59.2. The first-order valence-electron chi connectivity index (χ1n) is 10.2. The molecule has 4 bridgehead atoms. The van der Waals surface area contributed by atoms with Crippen LogP contribution < -0.4 is 0 Å². The molecule has 2 spiro atoms. The van der Waals surface area contributed by atoms with Gasteiger partial charge in [0.1, 0.15) is 11.5 Å². The SMILES string of the molecule is C=C1C(=O)[C@@]23[C@H](O)[C@H]1CC[C@H]2[C@@]12[C@H](OC)O[C@]3(O)[C@@H](O)[C@@H]1C(C)(C)CC[C@@H]2O. The van der Waals surface area contributed by atoms with Crippen LogP contribution in [-0.4, -0.2) is 63.7 Å². The van der Waals surface area contributed by atoms with Crippen molar-refractivity contribution >= 4 is 5.78 Å². The Morgan fingerprint density at radius 1 is 1.14 bits per heavy atom. The summed E-state index contributed by atoms with van der Waals surface area (Å²) >= 11 is 0. The van der Waals surface area contributed by atoms with Crippen LogP contribution in [0, 0.1) is 34.0 Å². The van der Waals surface area contributed by atoms with Gasteiger partial charge >= 0.3 is 0 Å². The average Bonchev–Trinajstić information content (AvgIpc) is 2.75.